The van der Waals surface area contributed by atoms with E-state index >= 15 is 0 Å². The third kappa shape index (κ3) is 2.22. The van der Waals surface area contributed by atoms with Crippen LogP contribution in [-0.4, -0.2) is 70.7 Å². The maximum absolute atomic E-state index is 12.9. The Labute approximate surface area is 114 Å². The van der Waals surface area contributed by atoms with E-state index in [-0.39, 0.29) is 24.7 Å². The molecule has 3 saturated heterocycles. The second-order valence-electron chi connectivity index (χ2n) is 7.15. The van der Waals surface area contributed by atoms with Gasteiger partial charge in [0.25, 0.3) is 0 Å². The number of likely N-dealkylation sites (tertiary alicyclic amines) is 2. The zero-order chi connectivity index (χ0) is 13.8. The minimum absolute atomic E-state index is 0.0648. The summed E-state index contributed by atoms with van der Waals surface area (Å²) in [6, 6.07) is 0.711. The Hall–Kier alpha value is -0.840. The lowest BCUT2D eigenvalue weighted by Crippen LogP contribution is -2.65. The quantitative estimate of drug-likeness (QED) is 0.669. The second kappa shape index (κ2) is 4.33. The van der Waals surface area contributed by atoms with Crippen molar-refractivity contribution in [1.82, 2.24) is 14.7 Å². The third-order valence-corrected chi connectivity index (χ3v) is 4.76. The molecule has 2 unspecified atom stereocenters. The minimum atomic E-state index is -0.808. The fourth-order valence-electron chi connectivity index (χ4n) is 3.51. The zero-order valence-electron chi connectivity index (χ0n) is 12.1. The molecular weight excluding hydrogens is 245 g/mol. The molecule has 3 fully saturated rings. The lowest BCUT2D eigenvalue weighted by Gasteiger charge is -2.49. The van der Waals surface area contributed by atoms with Crippen LogP contribution in [0.4, 0.5) is 9.18 Å². The van der Waals surface area contributed by atoms with Crippen molar-refractivity contribution < 1.29 is 9.18 Å². The molecule has 2 atom stereocenters. The highest BCUT2D eigenvalue weighted by Crippen LogP contribution is 2.34. The molecule has 0 aromatic rings. The average Bonchev–Trinajstić information content (AvgIpc) is 2.53. The first-order valence-electron chi connectivity index (χ1n) is 7.32. The van der Waals surface area contributed by atoms with Crippen LogP contribution < -0.4 is 0 Å². The fourth-order valence-corrected chi connectivity index (χ4v) is 3.51. The Bertz CT molecular complexity index is 361. The summed E-state index contributed by atoms with van der Waals surface area (Å²) in [6.07, 6.45) is 1.38. The van der Waals surface area contributed by atoms with Gasteiger partial charge in [-0.15, -0.1) is 0 Å². The average molecular weight is 269 g/mol. The van der Waals surface area contributed by atoms with Crippen molar-refractivity contribution >= 4 is 6.03 Å². The Morgan fingerprint density at radius 3 is 2.00 bits per heavy atom. The van der Waals surface area contributed by atoms with Gasteiger partial charge in [-0.1, -0.05) is 0 Å². The van der Waals surface area contributed by atoms with Crippen molar-refractivity contribution in [2.45, 2.75) is 57.4 Å². The zero-order valence-corrected chi connectivity index (χ0v) is 12.1. The molecule has 0 aliphatic carbocycles. The fraction of sp³-hybridized carbons (Fsp3) is 0.929. The number of urea groups is 1. The summed E-state index contributed by atoms with van der Waals surface area (Å²) in [7, 11) is 0. The summed E-state index contributed by atoms with van der Waals surface area (Å²) < 4.78 is 12.9. The van der Waals surface area contributed by atoms with Crippen LogP contribution in [0.1, 0.15) is 33.6 Å². The molecule has 0 spiro atoms. The molecule has 2 bridgehead atoms. The van der Waals surface area contributed by atoms with E-state index in [2.05, 4.69) is 25.7 Å². The number of carbonyl (C=O) groups is 1. The normalized spacial score (nSPS) is 32.6. The summed E-state index contributed by atoms with van der Waals surface area (Å²) in [5.41, 5.74) is 0.163. The first-order chi connectivity index (χ1) is 8.86. The summed E-state index contributed by atoms with van der Waals surface area (Å²) in [6.45, 7) is 9.18. The second-order valence-corrected chi connectivity index (χ2v) is 7.15. The third-order valence-electron chi connectivity index (χ3n) is 4.76. The van der Waals surface area contributed by atoms with Crippen molar-refractivity contribution in [3.8, 4) is 0 Å². The molecule has 0 N–H and O–H groups in total. The first kappa shape index (κ1) is 13.2. The number of alkyl halides is 1. The number of hydrogen-bond donors (Lipinski definition) is 0. The Balaban J connectivity index is 1.68. The first-order valence-corrected chi connectivity index (χ1v) is 7.32. The molecule has 3 aliphatic rings. The highest BCUT2D eigenvalue weighted by atomic mass is 19.1. The van der Waals surface area contributed by atoms with Gasteiger partial charge >= 0.3 is 6.03 Å². The van der Waals surface area contributed by atoms with Gasteiger partial charge in [0.15, 0.2) is 0 Å². The molecule has 0 radical (unpaired) electrons. The van der Waals surface area contributed by atoms with Gasteiger partial charge in [-0.2, -0.15) is 0 Å². The van der Waals surface area contributed by atoms with E-state index in [0.717, 1.165) is 25.9 Å². The van der Waals surface area contributed by atoms with E-state index in [1.165, 1.54) is 0 Å². The van der Waals surface area contributed by atoms with Crippen LogP contribution in [-0.2, 0) is 0 Å². The molecule has 0 aromatic heterocycles. The molecule has 4 nitrogen and oxygen atoms in total. The summed E-state index contributed by atoms with van der Waals surface area (Å²) in [4.78, 5) is 18.6. The van der Waals surface area contributed by atoms with Gasteiger partial charge in [-0.25, -0.2) is 9.18 Å². The number of carbonyl (C=O) groups excluding carboxylic acids is 1. The van der Waals surface area contributed by atoms with Crippen LogP contribution in [0.5, 0.6) is 0 Å². The lowest BCUT2D eigenvalue weighted by atomic mass is 10.0. The number of fused-ring (bicyclic) bond motifs is 2. The highest BCUT2D eigenvalue weighted by molar-refractivity contribution is 5.76. The number of piperazine rings is 1. The molecule has 3 aliphatic heterocycles. The van der Waals surface area contributed by atoms with Crippen molar-refractivity contribution in [2.24, 2.45) is 0 Å². The van der Waals surface area contributed by atoms with Gasteiger partial charge in [-0.05, 0) is 33.6 Å². The number of rotatable bonds is 0. The van der Waals surface area contributed by atoms with Gasteiger partial charge in [0, 0.05) is 30.7 Å². The maximum atomic E-state index is 12.9. The largest absolute Gasteiger partial charge is 0.320 e. The van der Waals surface area contributed by atoms with Gasteiger partial charge < -0.3 is 9.80 Å². The summed E-state index contributed by atoms with van der Waals surface area (Å²) in [5, 5.41) is 0. The maximum Gasteiger partial charge on any atom is 0.320 e. The standard InChI is InChI=1S/C14H24FN3O/c1-14(2,3)17-8-11-4-5-12(9-17)18(11)13(19)16-6-10(15)7-16/h10-12H,4-9H2,1-3H3. The number of nitrogens with zero attached hydrogens (tertiary/aromatic N) is 3. The molecule has 2 amide bonds. The number of amides is 2. The molecular formula is C14H24FN3O. The molecule has 3 heterocycles. The van der Waals surface area contributed by atoms with E-state index in [4.69, 9.17) is 0 Å². The number of hydrogen-bond acceptors (Lipinski definition) is 2. The van der Waals surface area contributed by atoms with Gasteiger partial charge in [0.2, 0.25) is 0 Å². The molecule has 3 rings (SSSR count). The molecule has 5 heteroatoms. The molecule has 0 saturated carbocycles. The Morgan fingerprint density at radius 2 is 1.58 bits per heavy atom. The molecule has 19 heavy (non-hydrogen) atoms. The SMILES string of the molecule is CC(C)(C)N1CC2CCC(C1)N2C(=O)N1CC(F)C1. The van der Waals surface area contributed by atoms with Gasteiger partial charge in [-0.3, -0.25) is 4.90 Å². The predicted molar refractivity (Wildman–Crippen MR) is 71.8 cm³/mol. The minimum Gasteiger partial charge on any atom is -0.319 e. The topological polar surface area (TPSA) is 26.8 Å². The molecule has 0 aromatic carbocycles. The van der Waals surface area contributed by atoms with Crippen LogP contribution in [0, 0.1) is 0 Å². The summed E-state index contributed by atoms with van der Waals surface area (Å²) in [5.74, 6) is 0. The van der Waals surface area contributed by atoms with Gasteiger partial charge in [0.1, 0.15) is 6.17 Å². The van der Waals surface area contributed by atoms with Crippen molar-refractivity contribution in [3.63, 3.8) is 0 Å². The lowest BCUT2D eigenvalue weighted by molar-refractivity contribution is 0.00778. The van der Waals surface area contributed by atoms with Crippen molar-refractivity contribution in [1.29, 1.82) is 0 Å². The summed E-state index contributed by atoms with van der Waals surface area (Å²) >= 11 is 0. The van der Waals surface area contributed by atoms with Crippen LogP contribution in [0.2, 0.25) is 0 Å². The van der Waals surface area contributed by atoms with Crippen LogP contribution in [0.3, 0.4) is 0 Å². The van der Waals surface area contributed by atoms with Gasteiger partial charge in [0.05, 0.1) is 13.1 Å². The molecule has 108 valence electrons. The highest BCUT2D eigenvalue weighted by Gasteiger charge is 2.47. The Kier molecular flexibility index (Phi) is 3.00. The van der Waals surface area contributed by atoms with E-state index < -0.39 is 6.17 Å². The monoisotopic (exact) mass is 269 g/mol. The Morgan fingerprint density at radius 1 is 1.05 bits per heavy atom. The smallest absolute Gasteiger partial charge is 0.319 e. The number of halogens is 1. The predicted octanol–water partition coefficient (Wildman–Crippen LogP) is 1.71. The van der Waals surface area contributed by atoms with Crippen molar-refractivity contribution in [3.05, 3.63) is 0 Å². The van der Waals surface area contributed by atoms with Crippen LogP contribution >= 0.6 is 0 Å². The van der Waals surface area contributed by atoms with Crippen LogP contribution in [0.15, 0.2) is 0 Å². The van der Waals surface area contributed by atoms with E-state index in [9.17, 15) is 9.18 Å². The van der Waals surface area contributed by atoms with E-state index in [0.29, 0.717) is 12.1 Å². The van der Waals surface area contributed by atoms with Crippen LogP contribution in [0.25, 0.3) is 0 Å². The van der Waals surface area contributed by atoms with E-state index in [1.54, 1.807) is 4.90 Å². The van der Waals surface area contributed by atoms with E-state index in [1.807, 2.05) is 4.90 Å². The van der Waals surface area contributed by atoms with Crippen molar-refractivity contribution in [2.75, 3.05) is 26.2 Å².